The molecule has 170 valence electrons. The molecule has 2 atom stereocenters. The van der Waals surface area contributed by atoms with Gasteiger partial charge >= 0.3 is 0 Å². The Morgan fingerprint density at radius 1 is 1.19 bits per heavy atom. The van der Waals surface area contributed by atoms with Crippen molar-refractivity contribution >= 4 is 51.6 Å². The molecule has 32 heavy (non-hydrogen) atoms. The molecule has 0 unspecified atom stereocenters. The zero-order valence-corrected chi connectivity index (χ0v) is 20.9. The number of anilines is 1. The number of carbonyl (C=O) groups is 2. The maximum Gasteiger partial charge on any atom is 0.251 e. The van der Waals surface area contributed by atoms with Crippen LogP contribution in [0.3, 0.4) is 0 Å². The molecule has 2 heterocycles. The number of thiazole rings is 1. The molecule has 8 nitrogen and oxygen atoms in total. The van der Waals surface area contributed by atoms with Crippen LogP contribution in [0.25, 0.3) is 0 Å². The van der Waals surface area contributed by atoms with Gasteiger partial charge in [-0.25, -0.2) is 4.98 Å². The Kier molecular flexibility index (Phi) is 7.91. The molecule has 2 N–H and O–H groups in total. The van der Waals surface area contributed by atoms with Gasteiger partial charge in [0.1, 0.15) is 0 Å². The first kappa shape index (κ1) is 24.2. The number of benzene rings is 1. The van der Waals surface area contributed by atoms with Crippen LogP contribution in [0.15, 0.2) is 29.4 Å². The molecule has 0 spiro atoms. The summed E-state index contributed by atoms with van der Waals surface area (Å²) in [4.78, 5) is 30.6. The Hall–Kier alpha value is -2.43. The Labute approximate surface area is 200 Å². The van der Waals surface area contributed by atoms with E-state index in [-0.39, 0.29) is 17.9 Å². The third-order valence-corrected chi connectivity index (χ3v) is 7.13. The highest BCUT2D eigenvalue weighted by Crippen LogP contribution is 2.27. The van der Waals surface area contributed by atoms with Gasteiger partial charge in [-0.05, 0) is 58.9 Å². The van der Waals surface area contributed by atoms with Gasteiger partial charge in [-0.3, -0.25) is 9.59 Å². The minimum atomic E-state index is -0.402. The number of amides is 2. The second kappa shape index (κ2) is 10.5. The normalized spacial score (nSPS) is 12.9. The highest BCUT2D eigenvalue weighted by Gasteiger charge is 2.23. The molecule has 0 saturated heterocycles. The SMILES string of the molecule is CCn1c(S[C@H](C)C(=O)Nc2nc(C)c(C)s2)nnc1[C@H](C)NC(=O)c1ccc(Cl)cc1. The minimum Gasteiger partial charge on any atom is -0.342 e. The van der Waals surface area contributed by atoms with Crippen molar-refractivity contribution in [3.05, 3.63) is 51.2 Å². The summed E-state index contributed by atoms with van der Waals surface area (Å²) >= 11 is 8.66. The molecule has 3 rings (SSSR count). The van der Waals surface area contributed by atoms with Gasteiger partial charge in [0.05, 0.1) is 17.0 Å². The Morgan fingerprint density at radius 3 is 2.47 bits per heavy atom. The zero-order chi connectivity index (χ0) is 23.4. The molecule has 2 amide bonds. The van der Waals surface area contributed by atoms with Crippen molar-refractivity contribution < 1.29 is 9.59 Å². The van der Waals surface area contributed by atoms with Crippen molar-refractivity contribution in [2.45, 2.75) is 57.6 Å². The molecule has 0 saturated carbocycles. The lowest BCUT2D eigenvalue weighted by Gasteiger charge is -2.16. The maximum absolute atomic E-state index is 12.6. The predicted octanol–water partition coefficient (Wildman–Crippen LogP) is 4.64. The average molecular weight is 493 g/mol. The van der Waals surface area contributed by atoms with Crippen LogP contribution in [0.1, 0.15) is 53.6 Å². The van der Waals surface area contributed by atoms with Crippen LogP contribution < -0.4 is 10.6 Å². The quantitative estimate of drug-likeness (QED) is 0.444. The van der Waals surface area contributed by atoms with Gasteiger partial charge in [0.15, 0.2) is 16.1 Å². The van der Waals surface area contributed by atoms with E-state index in [1.165, 1.54) is 23.1 Å². The summed E-state index contributed by atoms with van der Waals surface area (Å²) in [6.07, 6.45) is 0. The van der Waals surface area contributed by atoms with Gasteiger partial charge < -0.3 is 15.2 Å². The van der Waals surface area contributed by atoms with Crippen molar-refractivity contribution in [3.63, 3.8) is 0 Å². The second-order valence-corrected chi connectivity index (χ2v) is 10.1. The summed E-state index contributed by atoms with van der Waals surface area (Å²) in [5.41, 5.74) is 1.42. The second-order valence-electron chi connectivity index (χ2n) is 7.20. The van der Waals surface area contributed by atoms with Crippen molar-refractivity contribution in [1.82, 2.24) is 25.1 Å². The molecular formula is C21H25ClN6O2S2. The number of halogens is 1. The summed E-state index contributed by atoms with van der Waals surface area (Å²) in [5, 5.41) is 15.7. The highest BCUT2D eigenvalue weighted by molar-refractivity contribution is 8.00. The fourth-order valence-corrected chi connectivity index (χ4v) is 4.76. The number of aromatic nitrogens is 4. The van der Waals surface area contributed by atoms with E-state index in [0.29, 0.717) is 33.2 Å². The van der Waals surface area contributed by atoms with Crippen LogP contribution in [0, 0.1) is 13.8 Å². The zero-order valence-electron chi connectivity index (χ0n) is 18.5. The molecule has 0 radical (unpaired) electrons. The highest BCUT2D eigenvalue weighted by atomic mass is 35.5. The fraction of sp³-hybridized carbons (Fsp3) is 0.381. The molecule has 0 aliphatic rings. The maximum atomic E-state index is 12.6. The lowest BCUT2D eigenvalue weighted by atomic mass is 10.2. The summed E-state index contributed by atoms with van der Waals surface area (Å²) in [5.74, 6) is 0.243. The number of aryl methyl sites for hydroxylation is 2. The molecule has 3 aromatic rings. The third kappa shape index (κ3) is 5.67. The van der Waals surface area contributed by atoms with Gasteiger partial charge in [-0.1, -0.05) is 23.4 Å². The van der Waals surface area contributed by atoms with E-state index in [1.807, 2.05) is 39.2 Å². The minimum absolute atomic E-state index is 0.153. The Morgan fingerprint density at radius 2 is 1.88 bits per heavy atom. The largest absolute Gasteiger partial charge is 0.342 e. The molecule has 11 heteroatoms. The molecule has 0 fully saturated rings. The number of nitrogens with one attached hydrogen (secondary N) is 2. The lowest BCUT2D eigenvalue weighted by molar-refractivity contribution is -0.115. The van der Waals surface area contributed by atoms with Gasteiger partial charge in [0.25, 0.3) is 5.91 Å². The number of rotatable bonds is 8. The van der Waals surface area contributed by atoms with Crippen LogP contribution in [0.2, 0.25) is 5.02 Å². The fourth-order valence-electron chi connectivity index (χ4n) is 2.90. The Balaban J connectivity index is 1.67. The van der Waals surface area contributed by atoms with E-state index in [9.17, 15) is 9.59 Å². The summed E-state index contributed by atoms with van der Waals surface area (Å²) in [6.45, 7) is 10.1. The topological polar surface area (TPSA) is 102 Å². The number of carbonyl (C=O) groups excluding carboxylic acids is 2. The van der Waals surface area contributed by atoms with E-state index in [0.717, 1.165) is 10.6 Å². The first-order valence-corrected chi connectivity index (χ1v) is 12.2. The van der Waals surface area contributed by atoms with Gasteiger partial charge in [-0.15, -0.1) is 21.5 Å². The van der Waals surface area contributed by atoms with E-state index in [4.69, 9.17) is 11.6 Å². The molecule has 1 aromatic carbocycles. The molecule has 2 aromatic heterocycles. The van der Waals surface area contributed by atoms with Crippen LogP contribution in [0.5, 0.6) is 0 Å². The smallest absolute Gasteiger partial charge is 0.251 e. The summed E-state index contributed by atoms with van der Waals surface area (Å²) in [7, 11) is 0. The average Bonchev–Trinajstić information content (AvgIpc) is 3.30. The Bertz CT molecular complexity index is 1090. The molecule has 0 aliphatic heterocycles. The monoisotopic (exact) mass is 492 g/mol. The molecule has 0 aliphatic carbocycles. The van der Waals surface area contributed by atoms with Crippen molar-refractivity contribution in [3.8, 4) is 0 Å². The van der Waals surface area contributed by atoms with Crippen molar-refractivity contribution in [1.29, 1.82) is 0 Å². The molecule has 0 bridgehead atoms. The van der Waals surface area contributed by atoms with Crippen LogP contribution in [-0.4, -0.2) is 36.8 Å². The number of hydrogen-bond donors (Lipinski definition) is 2. The third-order valence-electron chi connectivity index (χ3n) is 4.81. The van der Waals surface area contributed by atoms with Gasteiger partial charge in [0, 0.05) is 22.0 Å². The first-order chi connectivity index (χ1) is 15.2. The number of thioether (sulfide) groups is 1. The predicted molar refractivity (Wildman–Crippen MR) is 129 cm³/mol. The van der Waals surface area contributed by atoms with Crippen LogP contribution in [0.4, 0.5) is 5.13 Å². The molecular weight excluding hydrogens is 468 g/mol. The standard InChI is InChI=1S/C21H25ClN6O2S2/c1-6-28-17(12(3)23-19(30)15-7-9-16(22)10-8-15)26-27-21(28)32-14(5)18(29)25-20-24-11(2)13(4)31-20/h7-10,12,14H,6H2,1-5H3,(H,23,30)(H,24,25,29)/t12-,14+/m0/s1. The van der Waals surface area contributed by atoms with Gasteiger partial charge in [-0.2, -0.15) is 0 Å². The first-order valence-electron chi connectivity index (χ1n) is 10.1. The summed E-state index contributed by atoms with van der Waals surface area (Å²) < 4.78 is 1.90. The van der Waals surface area contributed by atoms with E-state index >= 15 is 0 Å². The van der Waals surface area contributed by atoms with Crippen LogP contribution >= 0.6 is 34.7 Å². The number of hydrogen-bond acceptors (Lipinski definition) is 7. The van der Waals surface area contributed by atoms with Crippen molar-refractivity contribution in [2.24, 2.45) is 0 Å². The van der Waals surface area contributed by atoms with Crippen LogP contribution in [-0.2, 0) is 11.3 Å². The van der Waals surface area contributed by atoms with E-state index in [2.05, 4.69) is 25.8 Å². The van der Waals surface area contributed by atoms with E-state index in [1.54, 1.807) is 24.3 Å². The summed E-state index contributed by atoms with van der Waals surface area (Å²) in [6, 6.07) is 6.31. The lowest BCUT2D eigenvalue weighted by Crippen LogP contribution is -2.29. The number of nitrogens with zero attached hydrogens (tertiary/aromatic N) is 4. The van der Waals surface area contributed by atoms with Crippen molar-refractivity contribution in [2.75, 3.05) is 5.32 Å². The van der Waals surface area contributed by atoms with Gasteiger partial charge in [0.2, 0.25) is 5.91 Å². The van der Waals surface area contributed by atoms with E-state index < -0.39 is 5.25 Å².